The molecule has 0 saturated carbocycles. The second kappa shape index (κ2) is 6.37. The van der Waals surface area contributed by atoms with E-state index < -0.39 is 0 Å². The van der Waals surface area contributed by atoms with E-state index in [1.165, 1.54) is 18.3 Å². The van der Waals surface area contributed by atoms with Crippen LogP contribution in [0.4, 0.5) is 11.4 Å². The summed E-state index contributed by atoms with van der Waals surface area (Å²) in [6.45, 7) is 3.34. The Morgan fingerprint density at radius 2 is 1.96 bits per heavy atom. The fraction of sp³-hybridized carbons (Fsp3) is 0.188. The number of thiophene rings is 1. The summed E-state index contributed by atoms with van der Waals surface area (Å²) in [7, 11) is 1.86. The Kier molecular flexibility index (Phi) is 4.42. The van der Waals surface area contributed by atoms with Gasteiger partial charge in [-0.15, -0.1) is 11.3 Å². The summed E-state index contributed by atoms with van der Waals surface area (Å²) in [4.78, 5) is 25.5. The monoisotopic (exact) mass is 406 g/mol. The van der Waals surface area contributed by atoms with E-state index in [-0.39, 0.29) is 11.8 Å². The van der Waals surface area contributed by atoms with Gasteiger partial charge in [-0.25, -0.2) is 0 Å². The molecule has 0 bridgehead atoms. The first kappa shape index (κ1) is 16.7. The number of nitrogens with one attached hydrogen (secondary N) is 2. The summed E-state index contributed by atoms with van der Waals surface area (Å²) in [5.41, 5.74) is 1.99. The summed E-state index contributed by atoms with van der Waals surface area (Å²) >= 11 is 4.76. The third-order valence-corrected chi connectivity index (χ3v) is 5.15. The molecule has 2 amide bonds. The molecule has 2 heterocycles. The molecule has 1 aromatic carbocycles. The van der Waals surface area contributed by atoms with Crippen molar-refractivity contribution in [3.8, 4) is 0 Å². The first-order valence-corrected chi connectivity index (χ1v) is 8.77. The highest BCUT2D eigenvalue weighted by molar-refractivity contribution is 9.10. The van der Waals surface area contributed by atoms with Gasteiger partial charge in [-0.05, 0) is 31.2 Å². The van der Waals surface area contributed by atoms with E-state index in [0.717, 1.165) is 20.4 Å². The number of aromatic nitrogens is 2. The maximum absolute atomic E-state index is 12.6. The molecule has 0 fully saturated rings. The number of benzene rings is 1. The van der Waals surface area contributed by atoms with Crippen molar-refractivity contribution in [2.45, 2.75) is 13.8 Å². The summed E-state index contributed by atoms with van der Waals surface area (Å²) in [5, 5.41) is 10.9. The van der Waals surface area contributed by atoms with Crippen LogP contribution in [0.1, 0.15) is 22.3 Å². The fourth-order valence-corrected chi connectivity index (χ4v) is 3.80. The van der Waals surface area contributed by atoms with Crippen molar-refractivity contribution in [3.63, 3.8) is 0 Å². The molecule has 0 aliphatic carbocycles. The lowest BCUT2D eigenvalue weighted by molar-refractivity contribution is -0.114. The molecule has 124 valence electrons. The van der Waals surface area contributed by atoms with Gasteiger partial charge in [-0.3, -0.25) is 14.3 Å². The van der Waals surface area contributed by atoms with Crippen LogP contribution in [-0.2, 0) is 11.8 Å². The predicted octanol–water partition coefficient (Wildman–Crippen LogP) is 3.92. The molecule has 0 unspecified atom stereocenters. The molecular formula is C16H15BrN4O2S. The van der Waals surface area contributed by atoms with Crippen LogP contribution in [0.15, 0.2) is 28.7 Å². The Labute approximate surface area is 151 Å². The molecule has 0 saturated heterocycles. The standard InChI is InChI=1S/C16H15BrN4O2S/c1-8-11-7-14(24-16(11)21(3)20-8)15(23)19-13-6-10(17)4-5-12(13)18-9(2)22/h4-7H,1-3H3,(H,18,22)(H,19,23). The molecule has 0 spiro atoms. The number of hydrogen-bond acceptors (Lipinski definition) is 4. The quantitative estimate of drug-likeness (QED) is 0.691. The molecule has 3 rings (SSSR count). The number of hydrogen-bond donors (Lipinski definition) is 2. The zero-order valence-electron chi connectivity index (χ0n) is 13.3. The van der Waals surface area contributed by atoms with Crippen molar-refractivity contribution >= 4 is 60.7 Å². The average Bonchev–Trinajstić information content (AvgIpc) is 3.04. The number of halogens is 1. The normalized spacial score (nSPS) is 10.8. The minimum Gasteiger partial charge on any atom is -0.325 e. The van der Waals surface area contributed by atoms with Gasteiger partial charge in [0.2, 0.25) is 5.91 Å². The second-order valence-electron chi connectivity index (χ2n) is 5.36. The van der Waals surface area contributed by atoms with Crippen LogP contribution < -0.4 is 10.6 Å². The van der Waals surface area contributed by atoms with Crippen molar-refractivity contribution in [1.82, 2.24) is 9.78 Å². The zero-order valence-corrected chi connectivity index (χ0v) is 15.7. The lowest BCUT2D eigenvalue weighted by atomic mass is 10.2. The van der Waals surface area contributed by atoms with Crippen molar-refractivity contribution < 1.29 is 9.59 Å². The number of amides is 2. The van der Waals surface area contributed by atoms with E-state index in [4.69, 9.17) is 0 Å². The highest BCUT2D eigenvalue weighted by Crippen LogP contribution is 2.30. The van der Waals surface area contributed by atoms with Gasteiger partial charge in [-0.2, -0.15) is 5.10 Å². The maximum atomic E-state index is 12.6. The van der Waals surface area contributed by atoms with Gasteiger partial charge in [0.15, 0.2) is 0 Å². The Bertz CT molecular complexity index is 926. The van der Waals surface area contributed by atoms with Gasteiger partial charge in [0.05, 0.1) is 21.9 Å². The summed E-state index contributed by atoms with van der Waals surface area (Å²) in [6.07, 6.45) is 0. The highest BCUT2D eigenvalue weighted by atomic mass is 79.9. The minimum atomic E-state index is -0.222. The molecule has 0 aliphatic rings. The molecule has 24 heavy (non-hydrogen) atoms. The Morgan fingerprint density at radius 1 is 1.21 bits per heavy atom. The number of aryl methyl sites for hydroxylation is 2. The molecule has 3 aromatic rings. The van der Waals surface area contributed by atoms with Gasteiger partial charge >= 0.3 is 0 Å². The Morgan fingerprint density at radius 3 is 2.62 bits per heavy atom. The van der Waals surface area contributed by atoms with E-state index in [2.05, 4.69) is 31.7 Å². The van der Waals surface area contributed by atoms with E-state index in [0.29, 0.717) is 16.3 Å². The van der Waals surface area contributed by atoms with E-state index in [9.17, 15) is 9.59 Å². The maximum Gasteiger partial charge on any atom is 0.265 e. The van der Waals surface area contributed by atoms with E-state index in [1.54, 1.807) is 22.9 Å². The van der Waals surface area contributed by atoms with Gasteiger partial charge in [0.1, 0.15) is 4.83 Å². The SMILES string of the molecule is CC(=O)Nc1ccc(Br)cc1NC(=O)c1cc2c(C)nn(C)c2s1. The lowest BCUT2D eigenvalue weighted by Crippen LogP contribution is -2.14. The average molecular weight is 407 g/mol. The smallest absolute Gasteiger partial charge is 0.265 e. The molecule has 6 nitrogen and oxygen atoms in total. The number of carbonyl (C=O) groups excluding carboxylic acids is 2. The van der Waals surface area contributed by atoms with Gasteiger partial charge in [-0.1, -0.05) is 15.9 Å². The summed E-state index contributed by atoms with van der Waals surface area (Å²) in [6, 6.07) is 7.13. The zero-order chi connectivity index (χ0) is 17.4. The van der Waals surface area contributed by atoms with Crippen LogP contribution in [0, 0.1) is 6.92 Å². The molecule has 2 aromatic heterocycles. The van der Waals surface area contributed by atoms with Crippen molar-refractivity contribution in [2.24, 2.45) is 7.05 Å². The largest absolute Gasteiger partial charge is 0.325 e. The minimum absolute atomic E-state index is 0.198. The number of nitrogens with zero attached hydrogens (tertiary/aromatic N) is 2. The number of fused-ring (bicyclic) bond motifs is 1. The fourth-order valence-electron chi connectivity index (χ4n) is 2.42. The van der Waals surface area contributed by atoms with Gasteiger partial charge < -0.3 is 10.6 Å². The molecule has 0 aliphatic heterocycles. The Balaban J connectivity index is 1.92. The summed E-state index contributed by atoms with van der Waals surface area (Å²) < 4.78 is 2.58. The van der Waals surface area contributed by atoms with Gasteiger partial charge in [0.25, 0.3) is 5.91 Å². The Hall–Kier alpha value is -2.19. The molecule has 0 atom stereocenters. The van der Waals surface area contributed by atoms with E-state index in [1.807, 2.05) is 20.0 Å². The molecule has 2 N–H and O–H groups in total. The van der Waals surface area contributed by atoms with Crippen LogP contribution in [0.2, 0.25) is 0 Å². The molecular weight excluding hydrogens is 392 g/mol. The van der Waals surface area contributed by atoms with Crippen LogP contribution in [0.25, 0.3) is 10.2 Å². The van der Waals surface area contributed by atoms with Crippen LogP contribution in [0.3, 0.4) is 0 Å². The first-order valence-electron chi connectivity index (χ1n) is 7.17. The summed E-state index contributed by atoms with van der Waals surface area (Å²) in [5.74, 6) is -0.420. The van der Waals surface area contributed by atoms with Crippen molar-refractivity contribution in [2.75, 3.05) is 10.6 Å². The van der Waals surface area contributed by atoms with E-state index >= 15 is 0 Å². The van der Waals surface area contributed by atoms with Crippen LogP contribution in [-0.4, -0.2) is 21.6 Å². The first-order chi connectivity index (χ1) is 11.3. The number of carbonyl (C=O) groups is 2. The van der Waals surface area contributed by atoms with Crippen molar-refractivity contribution in [3.05, 3.63) is 39.3 Å². The lowest BCUT2D eigenvalue weighted by Gasteiger charge is -2.11. The third-order valence-electron chi connectivity index (χ3n) is 3.46. The van der Waals surface area contributed by atoms with Crippen molar-refractivity contribution in [1.29, 1.82) is 0 Å². The van der Waals surface area contributed by atoms with Crippen LogP contribution in [0.5, 0.6) is 0 Å². The topological polar surface area (TPSA) is 76.0 Å². The van der Waals surface area contributed by atoms with Crippen LogP contribution >= 0.6 is 27.3 Å². The second-order valence-corrected chi connectivity index (χ2v) is 7.31. The predicted molar refractivity (Wildman–Crippen MR) is 99.7 cm³/mol. The number of anilines is 2. The highest BCUT2D eigenvalue weighted by Gasteiger charge is 2.16. The molecule has 8 heteroatoms. The van der Waals surface area contributed by atoms with Gasteiger partial charge in [0, 0.05) is 23.8 Å². The number of rotatable bonds is 3. The molecule has 0 radical (unpaired) electrons. The third kappa shape index (κ3) is 3.20.